The zero-order valence-corrected chi connectivity index (χ0v) is 16.3. The average Bonchev–Trinajstić information content (AvgIpc) is 3.16. The van der Waals surface area contributed by atoms with E-state index in [2.05, 4.69) is 46.8 Å². The first-order chi connectivity index (χ1) is 13.2. The summed E-state index contributed by atoms with van der Waals surface area (Å²) in [5, 5.41) is 11.5. The summed E-state index contributed by atoms with van der Waals surface area (Å²) in [6, 6.07) is 13.9. The molecule has 3 aromatic rings. The molecule has 0 aliphatic heterocycles. The van der Waals surface area contributed by atoms with Crippen molar-refractivity contribution in [2.45, 2.75) is 26.2 Å². The second kappa shape index (κ2) is 7.46. The number of hydrogen-bond donors (Lipinski definition) is 0. The molecule has 0 saturated carbocycles. The minimum Gasteiger partial charge on any atom is -0.256 e. The summed E-state index contributed by atoms with van der Waals surface area (Å²) < 4.78 is 4.57. The van der Waals surface area contributed by atoms with E-state index in [4.69, 9.17) is 0 Å². The van der Waals surface area contributed by atoms with Crippen LogP contribution in [0.15, 0.2) is 54.1 Å². The number of rotatable bonds is 3. The van der Waals surface area contributed by atoms with Gasteiger partial charge in [-0.3, -0.25) is 4.98 Å². The van der Waals surface area contributed by atoms with Gasteiger partial charge in [-0.05, 0) is 53.6 Å². The predicted molar refractivity (Wildman–Crippen MR) is 110 cm³/mol. The van der Waals surface area contributed by atoms with E-state index in [1.165, 1.54) is 11.3 Å². The minimum absolute atomic E-state index is 0.392. The number of pyridine rings is 1. The van der Waals surface area contributed by atoms with Crippen LogP contribution in [0.25, 0.3) is 17.2 Å². The van der Waals surface area contributed by atoms with E-state index < -0.39 is 0 Å². The maximum Gasteiger partial charge on any atom is 0.0998 e. The third-order valence-electron chi connectivity index (χ3n) is 5.63. The molecule has 2 aromatic heterocycles. The first-order valence-corrected chi connectivity index (χ1v) is 10.1. The topological polar surface area (TPSA) is 49.6 Å². The molecule has 3 nitrogen and oxygen atoms in total. The molecule has 1 aromatic carbocycles. The molecule has 0 unspecified atom stereocenters. The molecule has 0 bridgehead atoms. The van der Waals surface area contributed by atoms with Gasteiger partial charge in [-0.1, -0.05) is 44.2 Å². The fourth-order valence-electron chi connectivity index (χ4n) is 3.80. The molecule has 3 atom stereocenters. The van der Waals surface area contributed by atoms with E-state index >= 15 is 0 Å². The Kier molecular flexibility index (Phi) is 4.87. The van der Waals surface area contributed by atoms with Gasteiger partial charge in [-0.15, -0.1) is 0 Å². The van der Waals surface area contributed by atoms with Crippen LogP contribution in [0.2, 0.25) is 0 Å². The van der Waals surface area contributed by atoms with E-state index in [0.717, 1.165) is 23.2 Å². The van der Waals surface area contributed by atoms with E-state index in [-0.39, 0.29) is 0 Å². The van der Waals surface area contributed by atoms with E-state index in [1.807, 2.05) is 42.6 Å². The molecule has 4 rings (SSSR count). The Morgan fingerprint density at radius 1 is 1.19 bits per heavy atom. The third kappa shape index (κ3) is 3.43. The second-order valence-electron chi connectivity index (χ2n) is 7.27. The highest BCUT2D eigenvalue weighted by molar-refractivity contribution is 7.03. The van der Waals surface area contributed by atoms with Crippen LogP contribution in [-0.2, 0) is 6.42 Å². The Balaban J connectivity index is 1.58. The molecule has 0 amide bonds. The van der Waals surface area contributed by atoms with Gasteiger partial charge in [0.2, 0.25) is 0 Å². The fraction of sp³-hybridized carbons (Fsp3) is 0.261. The number of benzene rings is 1. The average molecular weight is 372 g/mol. The Bertz CT molecular complexity index is 1010. The van der Waals surface area contributed by atoms with Crippen molar-refractivity contribution in [2.75, 3.05) is 0 Å². The number of allylic oxidation sites excluding steroid dienone is 1. The lowest BCUT2D eigenvalue weighted by atomic mass is 9.73. The van der Waals surface area contributed by atoms with Crippen molar-refractivity contribution in [3.05, 3.63) is 76.6 Å². The summed E-state index contributed by atoms with van der Waals surface area (Å²) in [7, 11) is 0. The highest BCUT2D eigenvalue weighted by Crippen LogP contribution is 2.40. The van der Waals surface area contributed by atoms with E-state index in [9.17, 15) is 5.26 Å². The van der Waals surface area contributed by atoms with Crippen LogP contribution < -0.4 is 0 Å². The number of nitriles is 1. The van der Waals surface area contributed by atoms with Crippen LogP contribution >= 0.6 is 11.5 Å². The molecule has 27 heavy (non-hydrogen) atoms. The largest absolute Gasteiger partial charge is 0.256 e. The highest BCUT2D eigenvalue weighted by Gasteiger charge is 2.31. The van der Waals surface area contributed by atoms with Crippen LogP contribution in [0.3, 0.4) is 0 Å². The second-order valence-corrected chi connectivity index (χ2v) is 7.90. The van der Waals surface area contributed by atoms with Crippen molar-refractivity contribution < 1.29 is 0 Å². The molecule has 0 fully saturated rings. The molecular formula is C23H21N3S. The summed E-state index contributed by atoms with van der Waals surface area (Å²) in [5.41, 5.74) is 6.13. The quantitative estimate of drug-likeness (QED) is 0.593. The van der Waals surface area contributed by atoms with Crippen LogP contribution in [0.4, 0.5) is 0 Å². The van der Waals surface area contributed by atoms with Crippen molar-refractivity contribution in [3.8, 4) is 17.2 Å². The molecule has 0 radical (unpaired) electrons. The van der Waals surface area contributed by atoms with Gasteiger partial charge >= 0.3 is 0 Å². The molecule has 2 heterocycles. The predicted octanol–water partition coefficient (Wildman–Crippen LogP) is 5.70. The van der Waals surface area contributed by atoms with Crippen LogP contribution in [0.1, 0.15) is 42.3 Å². The molecular weight excluding hydrogens is 350 g/mol. The number of nitrogens with zero attached hydrogens (tertiary/aromatic N) is 3. The first-order valence-electron chi connectivity index (χ1n) is 9.24. The fourth-order valence-corrected chi connectivity index (χ4v) is 4.56. The van der Waals surface area contributed by atoms with Crippen molar-refractivity contribution in [1.82, 2.24) is 9.36 Å². The van der Waals surface area contributed by atoms with Gasteiger partial charge < -0.3 is 0 Å². The number of hydrogen-bond acceptors (Lipinski definition) is 4. The van der Waals surface area contributed by atoms with Gasteiger partial charge in [0, 0.05) is 28.6 Å². The molecule has 0 saturated heterocycles. The number of fused-ring (bicyclic) bond motifs is 1. The molecule has 1 aliphatic carbocycles. The monoisotopic (exact) mass is 371 g/mol. The zero-order chi connectivity index (χ0) is 18.8. The lowest BCUT2D eigenvalue weighted by molar-refractivity contribution is 0.330. The molecule has 134 valence electrons. The zero-order valence-electron chi connectivity index (χ0n) is 15.5. The van der Waals surface area contributed by atoms with Crippen molar-refractivity contribution >= 4 is 17.6 Å². The molecule has 4 heteroatoms. The number of aromatic nitrogens is 2. The molecule has 1 aliphatic rings. The Morgan fingerprint density at radius 3 is 2.81 bits per heavy atom. The summed E-state index contributed by atoms with van der Waals surface area (Å²) in [6.07, 6.45) is 7.31. The summed E-state index contributed by atoms with van der Waals surface area (Å²) in [4.78, 5) is 4.59. The summed E-state index contributed by atoms with van der Waals surface area (Å²) in [5.74, 6) is 1.61. The third-order valence-corrected chi connectivity index (χ3v) is 6.32. The summed E-state index contributed by atoms with van der Waals surface area (Å²) in [6.45, 7) is 4.64. The SMILES string of the molecule is C[C@H]1[C@H](/C=C/c2ccc(-c3ccccc3C#N)cn2)c2csnc2C[C@@H]1C. The van der Waals surface area contributed by atoms with Gasteiger partial charge in [0.05, 0.1) is 23.0 Å². The smallest absolute Gasteiger partial charge is 0.0998 e. The first kappa shape index (κ1) is 17.6. The highest BCUT2D eigenvalue weighted by atomic mass is 32.1. The van der Waals surface area contributed by atoms with Crippen molar-refractivity contribution in [2.24, 2.45) is 11.8 Å². The van der Waals surface area contributed by atoms with Crippen LogP contribution in [0.5, 0.6) is 0 Å². The Labute approximate surface area is 164 Å². The molecule has 0 spiro atoms. The van der Waals surface area contributed by atoms with Crippen LogP contribution in [-0.4, -0.2) is 9.36 Å². The van der Waals surface area contributed by atoms with E-state index in [1.54, 1.807) is 11.5 Å². The van der Waals surface area contributed by atoms with Crippen molar-refractivity contribution in [1.29, 1.82) is 5.26 Å². The maximum atomic E-state index is 9.29. The van der Waals surface area contributed by atoms with E-state index in [0.29, 0.717) is 23.3 Å². The van der Waals surface area contributed by atoms with Crippen molar-refractivity contribution in [3.63, 3.8) is 0 Å². The molecule has 0 N–H and O–H groups in total. The van der Waals surface area contributed by atoms with Gasteiger partial charge in [0.1, 0.15) is 0 Å². The normalized spacial score (nSPS) is 21.7. The standard InChI is InChI=1S/C23H21N3S/c1-15-11-23-22(14-27-26-23)20(16(15)2)10-9-19-8-7-18(13-25-19)21-6-4-3-5-17(21)12-24/h3-10,13-16,20H,11H2,1-2H3/b10-9+/t15-,16+,20-/m0/s1. The summed E-state index contributed by atoms with van der Waals surface area (Å²) >= 11 is 1.56. The van der Waals surface area contributed by atoms with Gasteiger partial charge in [-0.25, -0.2) is 0 Å². The van der Waals surface area contributed by atoms with Gasteiger partial charge in [0.15, 0.2) is 0 Å². The van der Waals surface area contributed by atoms with Gasteiger partial charge in [0.25, 0.3) is 0 Å². The maximum absolute atomic E-state index is 9.29. The Morgan fingerprint density at radius 2 is 2.04 bits per heavy atom. The lowest BCUT2D eigenvalue weighted by Gasteiger charge is -2.31. The Hall–Kier alpha value is -2.77. The van der Waals surface area contributed by atoms with Crippen LogP contribution in [0, 0.1) is 23.2 Å². The minimum atomic E-state index is 0.392. The van der Waals surface area contributed by atoms with Gasteiger partial charge in [-0.2, -0.15) is 9.64 Å². The lowest BCUT2D eigenvalue weighted by Crippen LogP contribution is -2.24.